The van der Waals surface area contributed by atoms with Crippen LogP contribution in [0.3, 0.4) is 0 Å². The summed E-state index contributed by atoms with van der Waals surface area (Å²) in [6, 6.07) is 13.6. The van der Waals surface area contributed by atoms with Crippen molar-refractivity contribution in [2.24, 2.45) is 22.7 Å². The predicted octanol–water partition coefficient (Wildman–Crippen LogP) is 7.46. The minimum atomic E-state index is -4.06. The number of sulfonamides is 1. The van der Waals surface area contributed by atoms with Crippen LogP contribution in [-0.4, -0.2) is 103 Å². The quantitative estimate of drug-likeness (QED) is 0.118. The second-order valence-corrected chi connectivity index (χ2v) is 20.6. The molecule has 16 nitrogen and oxygen atoms in total. The molecule has 1 unspecified atom stereocenters. The number of methoxy groups -OCH3 is 2. The van der Waals surface area contributed by atoms with Gasteiger partial charge in [-0.05, 0) is 126 Å². The van der Waals surface area contributed by atoms with Gasteiger partial charge < -0.3 is 34.9 Å². The van der Waals surface area contributed by atoms with Crippen LogP contribution in [0.15, 0.2) is 58.4 Å². The van der Waals surface area contributed by atoms with Gasteiger partial charge in [0.2, 0.25) is 11.8 Å². The number of ether oxygens (including phenoxy) is 2. The number of nitrogens with zero attached hydrogens (tertiary/aromatic N) is 4. The standard InChI is InChI=1S/C49H60N8O8S/c1-7-27(4)43(54-49(61)65-6)47(59)57-22-10-14-39(57)45-51-36-20-16-30(25-40(36)66(62,63)55-45)31-17-18-33(41-32-12-8-11-28(32)23-34(31)41)29-15-19-35-37(24-29)52-44(50-35)38-13-9-21-56(38)46(58)42(26(2)3)53-48(60)64-5/h15-20,24-28,32,38-39,42-43H,7-14,21-23H2,1-6H3,(H,50,52)(H,51,55)(H,53,60)(H,54,61)/t27-,28+,32?,38-,39-,42-,43-/m0/s1. The minimum absolute atomic E-state index is 0.0861. The van der Waals surface area contributed by atoms with Crippen molar-refractivity contribution in [3.05, 3.63) is 65.5 Å². The molecule has 4 amide bonds. The van der Waals surface area contributed by atoms with Crippen molar-refractivity contribution in [2.75, 3.05) is 27.3 Å². The third-order valence-electron chi connectivity index (χ3n) is 14.7. The van der Waals surface area contributed by atoms with Crippen molar-refractivity contribution in [3.63, 3.8) is 0 Å². The summed E-state index contributed by atoms with van der Waals surface area (Å²) in [5, 5.41) is 5.41. The molecular formula is C49H60N8O8S. The van der Waals surface area contributed by atoms with Gasteiger partial charge in [-0.15, -0.1) is 0 Å². The molecule has 2 aliphatic carbocycles. The Hall–Kier alpha value is -5.97. The number of imidazole rings is 1. The van der Waals surface area contributed by atoms with E-state index in [0.717, 1.165) is 77.6 Å². The first-order valence-electron chi connectivity index (χ1n) is 23.4. The zero-order valence-corrected chi connectivity index (χ0v) is 39.3. The van der Waals surface area contributed by atoms with Crippen LogP contribution in [0.4, 0.5) is 15.3 Å². The molecule has 66 heavy (non-hydrogen) atoms. The van der Waals surface area contributed by atoms with Gasteiger partial charge in [-0.1, -0.05) is 64.8 Å². The van der Waals surface area contributed by atoms with Gasteiger partial charge in [0.05, 0.1) is 43.0 Å². The molecule has 9 rings (SSSR count). The van der Waals surface area contributed by atoms with E-state index in [0.29, 0.717) is 49.9 Å². The van der Waals surface area contributed by atoms with Crippen molar-refractivity contribution in [3.8, 4) is 22.3 Å². The van der Waals surface area contributed by atoms with E-state index >= 15 is 0 Å². The van der Waals surface area contributed by atoms with E-state index < -0.39 is 40.3 Å². The fourth-order valence-electron chi connectivity index (χ4n) is 11.1. The van der Waals surface area contributed by atoms with Gasteiger partial charge in [0.15, 0.2) is 0 Å². The number of carbonyl (C=O) groups excluding carboxylic acids is 4. The molecule has 4 heterocycles. The second kappa shape index (κ2) is 18.0. The van der Waals surface area contributed by atoms with Crippen LogP contribution in [0.2, 0.25) is 0 Å². The SMILES string of the molecule is CC[C@H](C)[C@H](NC(=O)OC)C(=O)N1CCC[C@H]1C1=Nc2ccc(-c3ccc(-c4ccc5nc([C@@H]6CCCN6C(=O)[C@@H](NC(=O)OC)C(C)C)[nH]c5c4)c4c3C[C@H]3CCCC43)cc2S(=O)(=O)N1. The van der Waals surface area contributed by atoms with Crippen LogP contribution in [0.5, 0.6) is 0 Å². The number of rotatable bonds is 11. The zero-order valence-electron chi connectivity index (χ0n) is 38.5. The van der Waals surface area contributed by atoms with E-state index in [1.807, 2.05) is 44.7 Å². The number of nitrogens with one attached hydrogen (secondary N) is 4. The molecule has 2 saturated heterocycles. The average Bonchev–Trinajstić information content (AvgIpc) is 4.17. The molecule has 4 aromatic rings. The van der Waals surface area contributed by atoms with Crippen molar-refractivity contribution in [2.45, 2.75) is 120 Å². The first kappa shape index (κ1) is 45.2. The number of aromatic amines is 1. The molecular weight excluding hydrogens is 861 g/mol. The third kappa shape index (κ3) is 8.17. The molecule has 3 fully saturated rings. The lowest BCUT2D eigenvalue weighted by molar-refractivity contribution is -0.135. The molecule has 7 atom stereocenters. The number of H-pyrrole nitrogens is 1. The van der Waals surface area contributed by atoms with Gasteiger partial charge in [-0.3, -0.25) is 14.3 Å². The minimum Gasteiger partial charge on any atom is -0.453 e. The number of benzene rings is 3. The molecule has 3 aliphatic heterocycles. The van der Waals surface area contributed by atoms with E-state index in [1.165, 1.54) is 25.3 Å². The summed E-state index contributed by atoms with van der Waals surface area (Å²) in [4.78, 5) is 69.0. The smallest absolute Gasteiger partial charge is 0.407 e. The molecule has 0 spiro atoms. The summed E-state index contributed by atoms with van der Waals surface area (Å²) in [6.07, 6.45) is 6.37. The van der Waals surface area contributed by atoms with Crippen molar-refractivity contribution < 1.29 is 37.1 Å². The van der Waals surface area contributed by atoms with Crippen LogP contribution >= 0.6 is 0 Å². The molecule has 1 aromatic heterocycles. The molecule has 0 radical (unpaired) electrons. The second-order valence-electron chi connectivity index (χ2n) is 18.9. The maximum atomic E-state index is 14.1. The highest BCUT2D eigenvalue weighted by molar-refractivity contribution is 7.90. The Kier molecular flexibility index (Phi) is 12.3. The lowest BCUT2D eigenvalue weighted by atomic mass is 9.86. The van der Waals surface area contributed by atoms with Crippen molar-refractivity contribution in [1.29, 1.82) is 0 Å². The molecule has 1 saturated carbocycles. The van der Waals surface area contributed by atoms with Crippen LogP contribution in [-0.2, 0) is 35.5 Å². The number of fused-ring (bicyclic) bond motifs is 5. The van der Waals surface area contributed by atoms with Crippen molar-refractivity contribution >= 4 is 56.6 Å². The third-order valence-corrected chi connectivity index (χ3v) is 16.1. The fraction of sp³-hybridized carbons (Fsp3) is 0.510. The average molecular weight is 921 g/mol. The largest absolute Gasteiger partial charge is 0.453 e. The summed E-state index contributed by atoms with van der Waals surface area (Å²) < 4.78 is 40.6. The van der Waals surface area contributed by atoms with E-state index in [4.69, 9.17) is 19.5 Å². The Bertz CT molecular complexity index is 2730. The Labute approximate surface area is 385 Å². The van der Waals surface area contributed by atoms with Gasteiger partial charge in [0.1, 0.15) is 28.6 Å². The van der Waals surface area contributed by atoms with E-state index in [1.54, 1.807) is 17.0 Å². The van der Waals surface area contributed by atoms with E-state index in [2.05, 4.69) is 44.6 Å². The number of alkyl carbamates (subject to hydrolysis) is 2. The Morgan fingerprint density at radius 3 is 2.17 bits per heavy atom. The van der Waals surface area contributed by atoms with Gasteiger partial charge in [-0.2, -0.15) is 0 Å². The van der Waals surface area contributed by atoms with Gasteiger partial charge in [0, 0.05) is 13.1 Å². The topological polar surface area (TPSA) is 204 Å². The number of likely N-dealkylation sites (tertiary alicyclic amines) is 2. The molecule has 5 aliphatic rings. The number of carbonyl (C=O) groups is 4. The van der Waals surface area contributed by atoms with Gasteiger partial charge in [0.25, 0.3) is 10.0 Å². The highest BCUT2D eigenvalue weighted by atomic mass is 32.2. The van der Waals surface area contributed by atoms with Gasteiger partial charge in [-0.25, -0.2) is 28.0 Å². The van der Waals surface area contributed by atoms with Gasteiger partial charge >= 0.3 is 12.2 Å². The molecule has 17 heteroatoms. The van der Waals surface area contributed by atoms with Crippen molar-refractivity contribution in [1.82, 2.24) is 35.1 Å². The lowest BCUT2D eigenvalue weighted by Gasteiger charge is -2.33. The maximum Gasteiger partial charge on any atom is 0.407 e. The monoisotopic (exact) mass is 920 g/mol. The van der Waals surface area contributed by atoms with E-state index in [-0.39, 0.29) is 40.4 Å². The number of hydrogen-bond donors (Lipinski definition) is 4. The first-order valence-corrected chi connectivity index (χ1v) is 24.9. The molecule has 350 valence electrons. The highest BCUT2D eigenvalue weighted by Crippen LogP contribution is 2.54. The number of amidine groups is 1. The summed E-state index contributed by atoms with van der Waals surface area (Å²) in [6.45, 7) is 8.61. The van der Waals surface area contributed by atoms with Crippen LogP contribution < -0.4 is 15.4 Å². The molecule has 4 N–H and O–H groups in total. The maximum absolute atomic E-state index is 14.1. The Morgan fingerprint density at radius 1 is 0.803 bits per heavy atom. The normalized spacial score (nSPS) is 23.0. The lowest BCUT2D eigenvalue weighted by Crippen LogP contribution is -2.56. The van der Waals surface area contributed by atoms with E-state index in [9.17, 15) is 27.6 Å². The Morgan fingerprint density at radius 2 is 1.45 bits per heavy atom. The summed E-state index contributed by atoms with van der Waals surface area (Å²) in [5.41, 5.74) is 8.59. The number of hydrogen-bond acceptors (Lipinski definition) is 10. The Balaban J connectivity index is 1.01. The summed E-state index contributed by atoms with van der Waals surface area (Å²) in [7, 11) is -1.52. The number of amides is 4. The highest BCUT2D eigenvalue weighted by Gasteiger charge is 2.43. The summed E-state index contributed by atoms with van der Waals surface area (Å²) in [5.74, 6) is 1.05. The van der Waals surface area contributed by atoms with Crippen LogP contribution in [0, 0.1) is 17.8 Å². The summed E-state index contributed by atoms with van der Waals surface area (Å²) >= 11 is 0. The number of aromatic nitrogens is 2. The molecule has 3 aromatic carbocycles. The first-order chi connectivity index (χ1) is 31.7. The predicted molar refractivity (Wildman–Crippen MR) is 250 cm³/mol. The van der Waals surface area contributed by atoms with Crippen LogP contribution in [0.25, 0.3) is 33.3 Å². The number of aliphatic imine (C=N–C) groups is 1. The van der Waals surface area contributed by atoms with Crippen LogP contribution in [0.1, 0.15) is 108 Å². The zero-order chi connectivity index (χ0) is 46.6. The molecule has 0 bridgehead atoms. The fourth-order valence-corrected chi connectivity index (χ4v) is 12.4.